The molecule has 0 fully saturated rings. The zero-order valence-corrected chi connectivity index (χ0v) is 10.0. The number of ether oxygens (including phenoxy) is 1. The van der Waals surface area contributed by atoms with Crippen molar-refractivity contribution in [1.29, 1.82) is 0 Å². The lowest BCUT2D eigenvalue weighted by Crippen LogP contribution is -2.37. The molecule has 1 unspecified atom stereocenters. The summed E-state index contributed by atoms with van der Waals surface area (Å²) in [5.74, 6) is 0. The molecular formula is C14H21NO. The van der Waals surface area contributed by atoms with E-state index in [9.17, 15) is 0 Å². The highest BCUT2D eigenvalue weighted by Gasteiger charge is 2.32. The molecule has 2 rings (SSSR count). The molecule has 1 aromatic rings. The lowest BCUT2D eigenvalue weighted by molar-refractivity contribution is 0.127. The molecule has 1 aliphatic carbocycles. The highest BCUT2D eigenvalue weighted by Crippen LogP contribution is 2.37. The molecule has 0 amide bonds. The van der Waals surface area contributed by atoms with E-state index in [0.717, 1.165) is 32.4 Å². The summed E-state index contributed by atoms with van der Waals surface area (Å²) in [6.07, 6.45) is 4.55. The van der Waals surface area contributed by atoms with Gasteiger partial charge in [-0.1, -0.05) is 24.3 Å². The third kappa shape index (κ3) is 2.28. The molecule has 0 saturated heterocycles. The van der Waals surface area contributed by atoms with Crippen molar-refractivity contribution in [3.05, 3.63) is 35.4 Å². The van der Waals surface area contributed by atoms with E-state index in [4.69, 9.17) is 10.5 Å². The highest BCUT2D eigenvalue weighted by atomic mass is 16.5. The summed E-state index contributed by atoms with van der Waals surface area (Å²) < 4.78 is 5.20. The summed E-state index contributed by atoms with van der Waals surface area (Å²) in [4.78, 5) is 0. The van der Waals surface area contributed by atoms with E-state index in [1.54, 1.807) is 7.11 Å². The van der Waals surface area contributed by atoms with Crippen molar-refractivity contribution in [3.8, 4) is 0 Å². The van der Waals surface area contributed by atoms with Crippen LogP contribution in [-0.4, -0.2) is 20.3 Å². The molecular weight excluding hydrogens is 198 g/mol. The third-order valence-electron chi connectivity index (χ3n) is 3.88. The highest BCUT2D eigenvalue weighted by molar-refractivity contribution is 5.31. The van der Waals surface area contributed by atoms with Gasteiger partial charge in [-0.05, 0) is 48.8 Å². The number of fused-ring (bicyclic) bond motifs is 1. The van der Waals surface area contributed by atoms with Gasteiger partial charge in [0.15, 0.2) is 0 Å². The molecule has 0 radical (unpaired) electrons. The Balaban J connectivity index is 2.15. The second kappa shape index (κ2) is 4.98. The molecule has 0 bridgehead atoms. The molecule has 2 N–H and O–H groups in total. The minimum absolute atomic E-state index is 0.268. The predicted molar refractivity (Wildman–Crippen MR) is 66.4 cm³/mol. The Bertz CT molecular complexity index is 350. The second-order valence-electron chi connectivity index (χ2n) is 4.89. The molecule has 1 aliphatic rings. The normalized spacial score (nSPS) is 24.1. The summed E-state index contributed by atoms with van der Waals surface area (Å²) in [6, 6.07) is 8.74. The predicted octanol–water partition coefficient (Wildman–Crippen LogP) is 2.16. The quantitative estimate of drug-likeness (QED) is 0.842. The lowest BCUT2D eigenvalue weighted by atomic mass is 9.70. The van der Waals surface area contributed by atoms with Gasteiger partial charge in [0.05, 0.1) is 0 Å². The Morgan fingerprint density at radius 3 is 2.75 bits per heavy atom. The number of rotatable bonds is 4. The van der Waals surface area contributed by atoms with E-state index in [1.807, 2.05) is 0 Å². The summed E-state index contributed by atoms with van der Waals surface area (Å²) in [5, 5.41) is 0. The second-order valence-corrected chi connectivity index (χ2v) is 4.89. The first kappa shape index (κ1) is 11.6. The van der Waals surface area contributed by atoms with Crippen LogP contribution in [0.25, 0.3) is 0 Å². The maximum absolute atomic E-state index is 5.98. The fourth-order valence-corrected chi connectivity index (χ4v) is 2.67. The Labute approximate surface area is 97.8 Å². The van der Waals surface area contributed by atoms with E-state index in [1.165, 1.54) is 17.5 Å². The van der Waals surface area contributed by atoms with Gasteiger partial charge in [0.1, 0.15) is 0 Å². The fourth-order valence-electron chi connectivity index (χ4n) is 2.67. The van der Waals surface area contributed by atoms with E-state index >= 15 is 0 Å². The maximum atomic E-state index is 5.98. The summed E-state index contributed by atoms with van der Waals surface area (Å²) >= 11 is 0. The lowest BCUT2D eigenvalue weighted by Gasteiger charge is -2.37. The van der Waals surface area contributed by atoms with Crippen LogP contribution in [0.5, 0.6) is 0 Å². The van der Waals surface area contributed by atoms with Crippen LogP contribution in [0.2, 0.25) is 0 Å². The average molecular weight is 219 g/mol. The first-order chi connectivity index (χ1) is 7.79. The van der Waals surface area contributed by atoms with Crippen LogP contribution in [-0.2, 0) is 17.6 Å². The molecule has 0 saturated carbocycles. The Kier molecular flexibility index (Phi) is 3.62. The molecule has 0 aromatic heterocycles. The largest absolute Gasteiger partial charge is 0.385 e. The summed E-state index contributed by atoms with van der Waals surface area (Å²) in [7, 11) is 1.76. The van der Waals surface area contributed by atoms with Crippen LogP contribution in [0, 0.1) is 5.41 Å². The number of nitrogens with two attached hydrogens (primary N) is 1. The SMILES string of the molecule is COCCC1(CN)CCc2ccccc2C1. The van der Waals surface area contributed by atoms with Crippen molar-refractivity contribution in [2.45, 2.75) is 25.7 Å². The molecule has 1 atom stereocenters. The van der Waals surface area contributed by atoms with Crippen molar-refractivity contribution >= 4 is 0 Å². The van der Waals surface area contributed by atoms with E-state index in [0.29, 0.717) is 0 Å². The number of aryl methyl sites for hydroxylation is 1. The number of methoxy groups -OCH3 is 1. The standard InChI is InChI=1S/C14H21NO/c1-16-9-8-14(11-15)7-6-12-4-2-3-5-13(12)10-14/h2-5H,6-11,15H2,1H3. The van der Waals surface area contributed by atoms with Crippen LogP contribution < -0.4 is 5.73 Å². The van der Waals surface area contributed by atoms with Crippen molar-refractivity contribution < 1.29 is 4.74 Å². The van der Waals surface area contributed by atoms with Crippen molar-refractivity contribution in [3.63, 3.8) is 0 Å². The molecule has 88 valence electrons. The first-order valence-electron chi connectivity index (χ1n) is 6.05. The molecule has 0 spiro atoms. The number of hydrogen-bond donors (Lipinski definition) is 1. The molecule has 0 heterocycles. The topological polar surface area (TPSA) is 35.2 Å². The van der Waals surface area contributed by atoms with Gasteiger partial charge in [-0.25, -0.2) is 0 Å². The summed E-state index contributed by atoms with van der Waals surface area (Å²) in [5.41, 5.74) is 9.23. The smallest absolute Gasteiger partial charge is 0.0468 e. The summed E-state index contributed by atoms with van der Waals surface area (Å²) in [6.45, 7) is 1.59. The number of hydrogen-bond acceptors (Lipinski definition) is 2. The third-order valence-corrected chi connectivity index (χ3v) is 3.88. The molecule has 1 aromatic carbocycles. The van der Waals surface area contributed by atoms with Gasteiger partial charge < -0.3 is 10.5 Å². The van der Waals surface area contributed by atoms with Crippen LogP contribution in [0.4, 0.5) is 0 Å². The van der Waals surface area contributed by atoms with Crippen LogP contribution >= 0.6 is 0 Å². The van der Waals surface area contributed by atoms with E-state index < -0.39 is 0 Å². The van der Waals surface area contributed by atoms with Crippen LogP contribution in [0.1, 0.15) is 24.0 Å². The zero-order valence-electron chi connectivity index (χ0n) is 10.0. The fraction of sp³-hybridized carbons (Fsp3) is 0.571. The van der Waals surface area contributed by atoms with E-state index in [-0.39, 0.29) is 5.41 Å². The zero-order chi connectivity index (χ0) is 11.4. The van der Waals surface area contributed by atoms with Crippen LogP contribution in [0.15, 0.2) is 24.3 Å². The van der Waals surface area contributed by atoms with Gasteiger partial charge in [0, 0.05) is 13.7 Å². The van der Waals surface area contributed by atoms with Gasteiger partial charge in [0.25, 0.3) is 0 Å². The Morgan fingerprint density at radius 1 is 1.31 bits per heavy atom. The van der Waals surface area contributed by atoms with Crippen molar-refractivity contribution in [2.75, 3.05) is 20.3 Å². The molecule has 0 aliphatic heterocycles. The van der Waals surface area contributed by atoms with Gasteiger partial charge in [-0.2, -0.15) is 0 Å². The minimum Gasteiger partial charge on any atom is -0.385 e. The van der Waals surface area contributed by atoms with Gasteiger partial charge in [-0.3, -0.25) is 0 Å². The van der Waals surface area contributed by atoms with Gasteiger partial charge in [0.2, 0.25) is 0 Å². The van der Waals surface area contributed by atoms with Crippen molar-refractivity contribution in [1.82, 2.24) is 0 Å². The minimum atomic E-state index is 0.268. The first-order valence-corrected chi connectivity index (χ1v) is 6.05. The average Bonchev–Trinajstić information content (AvgIpc) is 2.36. The Hall–Kier alpha value is -0.860. The maximum Gasteiger partial charge on any atom is 0.0468 e. The van der Waals surface area contributed by atoms with E-state index in [2.05, 4.69) is 24.3 Å². The Morgan fingerprint density at radius 2 is 2.06 bits per heavy atom. The van der Waals surface area contributed by atoms with Crippen molar-refractivity contribution in [2.24, 2.45) is 11.1 Å². The van der Waals surface area contributed by atoms with Gasteiger partial charge >= 0.3 is 0 Å². The molecule has 16 heavy (non-hydrogen) atoms. The molecule has 2 nitrogen and oxygen atoms in total. The van der Waals surface area contributed by atoms with Crippen LogP contribution in [0.3, 0.4) is 0 Å². The number of benzene rings is 1. The van der Waals surface area contributed by atoms with Gasteiger partial charge in [-0.15, -0.1) is 0 Å². The monoisotopic (exact) mass is 219 g/mol. The molecule has 2 heteroatoms.